The van der Waals surface area contributed by atoms with Gasteiger partial charge in [-0.1, -0.05) is 221 Å². The number of allylic oxidation sites excluding steroid dienone is 14. The van der Waals surface area contributed by atoms with Gasteiger partial charge in [0.1, 0.15) is 13.2 Å². The molecule has 0 aliphatic carbocycles. The molecule has 0 radical (unpaired) electrons. The van der Waals surface area contributed by atoms with E-state index in [1.165, 1.54) is 109 Å². The number of carboxylic acid groups (broad SMARTS) is 1. The van der Waals surface area contributed by atoms with Crippen LogP contribution in [0.25, 0.3) is 0 Å². The van der Waals surface area contributed by atoms with Gasteiger partial charge < -0.3 is 28.5 Å². The third kappa shape index (κ3) is 54.1. The minimum Gasteiger partial charge on any atom is -0.477 e. The van der Waals surface area contributed by atoms with E-state index in [0.717, 1.165) is 96.3 Å². The molecule has 9 nitrogen and oxygen atoms in total. The molecule has 1 N–H and O–H groups in total. The predicted octanol–water partition coefficient (Wildman–Crippen LogP) is 16.8. The lowest BCUT2D eigenvalue weighted by Gasteiger charge is -2.25. The maximum Gasteiger partial charge on any atom is 0.361 e. The van der Waals surface area contributed by atoms with Crippen LogP contribution in [0.2, 0.25) is 0 Å². The fourth-order valence-electron chi connectivity index (χ4n) is 7.78. The zero-order chi connectivity index (χ0) is 52.0. The summed E-state index contributed by atoms with van der Waals surface area (Å²) in [6, 6.07) is 0. The molecule has 0 rings (SSSR count). The van der Waals surface area contributed by atoms with Gasteiger partial charge >= 0.3 is 17.9 Å². The van der Waals surface area contributed by atoms with Crippen LogP contribution >= 0.6 is 0 Å². The molecule has 2 atom stereocenters. The van der Waals surface area contributed by atoms with Crippen molar-refractivity contribution < 1.29 is 42.9 Å². The highest BCUT2D eigenvalue weighted by Crippen LogP contribution is 2.16. The minimum atomic E-state index is -1.52. The molecule has 0 aromatic rings. The molecule has 0 bridgehead atoms. The molecule has 0 saturated heterocycles. The van der Waals surface area contributed by atoms with Crippen LogP contribution in [0, 0.1) is 0 Å². The van der Waals surface area contributed by atoms with E-state index in [-0.39, 0.29) is 38.6 Å². The number of likely N-dealkylation sites (N-methyl/N-ethyl adjacent to an activating group) is 1. The summed E-state index contributed by atoms with van der Waals surface area (Å²) in [4.78, 5) is 37.4. The molecule has 71 heavy (non-hydrogen) atoms. The van der Waals surface area contributed by atoms with Crippen LogP contribution in [-0.2, 0) is 33.3 Å². The van der Waals surface area contributed by atoms with Gasteiger partial charge in [0.05, 0.1) is 34.4 Å². The number of aliphatic carboxylic acids is 1. The van der Waals surface area contributed by atoms with Gasteiger partial charge in [-0.15, -0.1) is 0 Å². The maximum atomic E-state index is 12.9. The van der Waals surface area contributed by atoms with E-state index in [9.17, 15) is 19.5 Å². The second-order valence-corrected chi connectivity index (χ2v) is 20.2. The Morgan fingerprint density at radius 2 is 0.761 bits per heavy atom. The SMILES string of the molecule is CC/C=C\C/C=C\C/C=C\C/C=C\CCCCCCCCCCCCCCCCCCC(=O)OC(COC(=O)CCCCCCCCC/C=C\C/C=C\C/C=C\CC)COC(OCC[N+](C)(C)C)C(=O)O. The zero-order valence-corrected chi connectivity index (χ0v) is 46.4. The van der Waals surface area contributed by atoms with Crippen LogP contribution in [-0.4, -0.2) is 87.4 Å². The Morgan fingerprint density at radius 3 is 1.13 bits per heavy atom. The highest BCUT2D eigenvalue weighted by Gasteiger charge is 2.25. The molecular formula is C62H108NO8+. The first kappa shape index (κ1) is 67.5. The fourth-order valence-corrected chi connectivity index (χ4v) is 7.78. The van der Waals surface area contributed by atoms with E-state index < -0.39 is 24.3 Å². The Bertz CT molecular complexity index is 1440. The van der Waals surface area contributed by atoms with Gasteiger partial charge in [-0.05, 0) is 83.5 Å². The molecule has 0 saturated carbocycles. The zero-order valence-electron chi connectivity index (χ0n) is 46.4. The third-order valence-corrected chi connectivity index (χ3v) is 12.1. The summed E-state index contributed by atoms with van der Waals surface area (Å²) in [7, 11) is 5.96. The van der Waals surface area contributed by atoms with Crippen LogP contribution in [0.3, 0.4) is 0 Å². The second-order valence-electron chi connectivity index (χ2n) is 20.2. The highest BCUT2D eigenvalue weighted by atomic mass is 16.7. The fraction of sp³-hybridized carbons (Fsp3) is 0.726. The van der Waals surface area contributed by atoms with Crippen LogP contribution in [0.1, 0.15) is 232 Å². The summed E-state index contributed by atoms with van der Waals surface area (Å²) in [5.41, 5.74) is 0. The lowest BCUT2D eigenvalue weighted by atomic mass is 10.0. The van der Waals surface area contributed by atoms with Crippen molar-refractivity contribution in [2.45, 2.75) is 245 Å². The number of rotatable bonds is 52. The quantitative estimate of drug-likeness (QED) is 0.0211. The Hall–Kier alpha value is -3.53. The first-order chi connectivity index (χ1) is 34.6. The Morgan fingerprint density at radius 1 is 0.423 bits per heavy atom. The van der Waals surface area contributed by atoms with Crippen molar-refractivity contribution in [3.05, 3.63) is 85.1 Å². The Balaban J connectivity index is 4.20. The number of ether oxygens (including phenoxy) is 4. The predicted molar refractivity (Wildman–Crippen MR) is 299 cm³/mol. The first-order valence-corrected chi connectivity index (χ1v) is 28.8. The minimum absolute atomic E-state index is 0.183. The van der Waals surface area contributed by atoms with Gasteiger partial charge in [0, 0.05) is 12.8 Å². The molecule has 0 aromatic heterocycles. The smallest absolute Gasteiger partial charge is 0.361 e. The molecule has 0 aromatic carbocycles. The summed E-state index contributed by atoms with van der Waals surface area (Å²) in [5.74, 6) is -2.02. The van der Waals surface area contributed by atoms with Gasteiger partial charge in [-0.25, -0.2) is 4.79 Å². The van der Waals surface area contributed by atoms with Crippen LogP contribution in [0.4, 0.5) is 0 Å². The molecule has 0 spiro atoms. The normalized spacial score (nSPS) is 13.4. The molecular weight excluding hydrogens is 887 g/mol. The lowest BCUT2D eigenvalue weighted by Crippen LogP contribution is -2.40. The highest BCUT2D eigenvalue weighted by molar-refractivity contribution is 5.71. The number of hydrogen-bond acceptors (Lipinski definition) is 7. The topological polar surface area (TPSA) is 108 Å². The number of quaternary nitrogens is 1. The number of unbranched alkanes of at least 4 members (excludes halogenated alkanes) is 23. The van der Waals surface area contributed by atoms with E-state index in [1.807, 2.05) is 21.1 Å². The number of esters is 2. The van der Waals surface area contributed by atoms with Crippen LogP contribution in [0.15, 0.2) is 85.1 Å². The number of hydrogen-bond donors (Lipinski definition) is 1. The van der Waals surface area contributed by atoms with Gasteiger partial charge in [-0.3, -0.25) is 9.59 Å². The Labute approximate surface area is 436 Å². The van der Waals surface area contributed by atoms with Gasteiger partial charge in [0.2, 0.25) is 0 Å². The lowest BCUT2D eigenvalue weighted by molar-refractivity contribution is -0.870. The van der Waals surface area contributed by atoms with Gasteiger partial charge in [0.15, 0.2) is 6.10 Å². The average Bonchev–Trinajstić information content (AvgIpc) is 3.34. The van der Waals surface area contributed by atoms with Gasteiger partial charge in [0.25, 0.3) is 6.29 Å². The van der Waals surface area contributed by atoms with E-state index in [2.05, 4.69) is 98.9 Å². The number of carboxylic acids is 1. The molecule has 2 unspecified atom stereocenters. The second kappa shape index (κ2) is 52.8. The summed E-state index contributed by atoms with van der Waals surface area (Å²) in [6.45, 7) is 4.65. The van der Waals surface area contributed by atoms with Crippen molar-refractivity contribution in [1.29, 1.82) is 0 Å². The van der Waals surface area contributed by atoms with Crippen molar-refractivity contribution in [1.82, 2.24) is 0 Å². The first-order valence-electron chi connectivity index (χ1n) is 28.8. The molecule has 0 heterocycles. The van der Waals surface area contributed by atoms with E-state index >= 15 is 0 Å². The number of nitrogens with zero attached hydrogens (tertiary/aromatic N) is 1. The number of carbonyl (C=O) groups is 3. The van der Waals surface area contributed by atoms with E-state index in [1.54, 1.807) is 0 Å². The number of carbonyl (C=O) groups excluding carboxylic acids is 2. The average molecular weight is 996 g/mol. The molecule has 0 aliphatic rings. The van der Waals surface area contributed by atoms with E-state index in [0.29, 0.717) is 11.0 Å². The summed E-state index contributed by atoms with van der Waals surface area (Å²) in [6.07, 6.45) is 66.6. The van der Waals surface area contributed by atoms with Gasteiger partial charge in [-0.2, -0.15) is 0 Å². The van der Waals surface area contributed by atoms with Crippen molar-refractivity contribution in [3.63, 3.8) is 0 Å². The summed E-state index contributed by atoms with van der Waals surface area (Å²) >= 11 is 0. The molecule has 9 heteroatoms. The standard InChI is InChI=1S/C62H107NO8/c1-6-8-10-12-14-16-18-20-22-24-25-26-27-28-29-30-31-32-33-34-35-37-39-41-43-45-47-49-51-53-60(65)71-58(57-70-62(61(66)67)68-55-54-63(3,4)5)56-69-59(64)52-50-48-46-44-42-40-38-36-23-21-19-17-15-13-11-9-7-2/h8-11,14-17,20-23,25-26,58,62H,6-7,12-13,18-19,24,27-57H2,1-5H3/p+1/b10-8-,11-9-,16-14-,17-15-,22-20-,23-21-,26-25-. The maximum absolute atomic E-state index is 12.9. The van der Waals surface area contributed by atoms with Crippen LogP contribution < -0.4 is 0 Å². The summed E-state index contributed by atoms with van der Waals surface area (Å²) < 4.78 is 22.9. The van der Waals surface area contributed by atoms with Crippen molar-refractivity contribution in [2.24, 2.45) is 0 Å². The van der Waals surface area contributed by atoms with Crippen LogP contribution in [0.5, 0.6) is 0 Å². The molecule has 408 valence electrons. The van der Waals surface area contributed by atoms with Crippen molar-refractivity contribution in [2.75, 3.05) is 47.5 Å². The van der Waals surface area contributed by atoms with Crippen molar-refractivity contribution in [3.8, 4) is 0 Å². The third-order valence-electron chi connectivity index (χ3n) is 12.1. The monoisotopic (exact) mass is 995 g/mol. The largest absolute Gasteiger partial charge is 0.477 e. The Kier molecular flexibility index (Phi) is 50.2. The molecule has 0 fully saturated rings. The molecule has 0 aliphatic heterocycles. The summed E-state index contributed by atoms with van der Waals surface area (Å²) in [5, 5.41) is 9.70. The molecule has 0 amide bonds. The van der Waals surface area contributed by atoms with Crippen molar-refractivity contribution >= 4 is 17.9 Å². The van der Waals surface area contributed by atoms with E-state index in [4.69, 9.17) is 18.9 Å².